The zero-order valence-electron chi connectivity index (χ0n) is 14.4. The Hall–Kier alpha value is -2.86. The Kier molecular flexibility index (Phi) is 4.58. The number of likely N-dealkylation sites (N-methyl/N-ethyl adjacent to an activating group) is 1. The van der Waals surface area contributed by atoms with Gasteiger partial charge < -0.3 is 15.0 Å². The number of nitrogens with zero attached hydrogens (tertiary/aromatic N) is 2. The highest BCUT2D eigenvalue weighted by atomic mass is 32.1. The Labute approximate surface area is 156 Å². The lowest BCUT2D eigenvalue weighted by molar-refractivity contribution is -0.127. The molecular formula is C20H19N3O2S. The van der Waals surface area contributed by atoms with Crippen LogP contribution in [0.3, 0.4) is 0 Å². The van der Waals surface area contributed by atoms with Crippen molar-refractivity contribution < 1.29 is 9.53 Å². The van der Waals surface area contributed by atoms with Crippen LogP contribution in [0.5, 0.6) is 5.75 Å². The van der Waals surface area contributed by atoms with Crippen LogP contribution in [0.15, 0.2) is 60.0 Å². The first-order valence-electron chi connectivity index (χ1n) is 8.46. The van der Waals surface area contributed by atoms with Crippen LogP contribution >= 0.6 is 11.3 Å². The minimum atomic E-state index is -0.526. The van der Waals surface area contributed by atoms with Gasteiger partial charge in [-0.05, 0) is 12.1 Å². The van der Waals surface area contributed by atoms with Gasteiger partial charge in [0.15, 0.2) is 6.10 Å². The molecule has 1 N–H and O–H groups in total. The molecule has 26 heavy (non-hydrogen) atoms. The van der Waals surface area contributed by atoms with E-state index in [0.717, 1.165) is 27.7 Å². The predicted octanol–water partition coefficient (Wildman–Crippen LogP) is 3.32. The van der Waals surface area contributed by atoms with Gasteiger partial charge in [0.25, 0.3) is 5.91 Å². The number of carbonyl (C=O) groups excluding carboxylic acids is 1. The van der Waals surface area contributed by atoms with Crippen LogP contribution in [-0.4, -0.2) is 30.6 Å². The van der Waals surface area contributed by atoms with Crippen LogP contribution in [0.4, 0.5) is 5.69 Å². The van der Waals surface area contributed by atoms with E-state index in [-0.39, 0.29) is 5.91 Å². The first kappa shape index (κ1) is 16.6. The summed E-state index contributed by atoms with van der Waals surface area (Å²) in [6.45, 7) is 1.13. The number of aromatic nitrogens is 1. The molecule has 0 saturated heterocycles. The van der Waals surface area contributed by atoms with Gasteiger partial charge in [-0.3, -0.25) is 4.79 Å². The monoisotopic (exact) mass is 365 g/mol. The lowest BCUT2D eigenvalue weighted by Crippen LogP contribution is -2.47. The molecule has 0 bridgehead atoms. The van der Waals surface area contributed by atoms with E-state index in [4.69, 9.17) is 9.72 Å². The van der Waals surface area contributed by atoms with Crippen molar-refractivity contribution in [1.29, 1.82) is 0 Å². The quantitative estimate of drug-likeness (QED) is 0.771. The van der Waals surface area contributed by atoms with Crippen LogP contribution < -0.4 is 15.0 Å². The molecule has 1 amide bonds. The molecule has 1 aliphatic heterocycles. The molecular weight excluding hydrogens is 346 g/mol. The van der Waals surface area contributed by atoms with Gasteiger partial charge in [0.2, 0.25) is 0 Å². The first-order valence-corrected chi connectivity index (χ1v) is 9.34. The summed E-state index contributed by atoms with van der Waals surface area (Å²) in [5.74, 6) is 0.610. The fraction of sp³-hybridized carbons (Fsp3) is 0.200. The second-order valence-corrected chi connectivity index (χ2v) is 6.94. The van der Waals surface area contributed by atoms with E-state index in [1.54, 1.807) is 18.4 Å². The smallest absolute Gasteiger partial charge is 0.262 e. The molecule has 0 spiro atoms. The average molecular weight is 365 g/mol. The van der Waals surface area contributed by atoms with Crippen LogP contribution in [0.25, 0.3) is 10.6 Å². The molecule has 5 nitrogen and oxygen atoms in total. The minimum Gasteiger partial charge on any atom is -0.477 e. The summed E-state index contributed by atoms with van der Waals surface area (Å²) in [5.41, 5.74) is 3.09. The van der Waals surface area contributed by atoms with Crippen molar-refractivity contribution in [2.24, 2.45) is 0 Å². The standard InChI is InChI=1S/C20H19N3O2S/c1-21-19(24)18-12-23(16-9-5-6-10-17(16)25-18)11-15-13-26-20(22-15)14-7-3-2-4-8-14/h2-10,13,18H,11-12H2,1H3,(H,21,24)/t18-/m1/s1. The zero-order valence-corrected chi connectivity index (χ0v) is 15.2. The van der Waals surface area contributed by atoms with Crippen molar-refractivity contribution in [2.75, 3.05) is 18.5 Å². The Bertz CT molecular complexity index is 910. The topological polar surface area (TPSA) is 54.5 Å². The number of hydrogen-bond donors (Lipinski definition) is 1. The summed E-state index contributed by atoms with van der Waals surface area (Å²) in [6, 6.07) is 18.0. The maximum absolute atomic E-state index is 12.1. The van der Waals surface area contributed by atoms with Gasteiger partial charge in [-0.15, -0.1) is 11.3 Å². The first-order chi connectivity index (χ1) is 12.7. The molecule has 3 aromatic rings. The van der Waals surface area contributed by atoms with Crippen molar-refractivity contribution in [3.8, 4) is 16.3 Å². The molecule has 0 unspecified atom stereocenters. The summed E-state index contributed by atoms with van der Waals surface area (Å²) < 4.78 is 5.86. The molecule has 1 atom stereocenters. The highest BCUT2D eigenvalue weighted by Gasteiger charge is 2.30. The number of para-hydroxylation sites is 2. The second-order valence-electron chi connectivity index (χ2n) is 6.08. The third kappa shape index (κ3) is 3.28. The molecule has 0 radical (unpaired) electrons. The molecule has 2 heterocycles. The summed E-state index contributed by atoms with van der Waals surface area (Å²) >= 11 is 1.64. The number of rotatable bonds is 4. The molecule has 6 heteroatoms. The number of ether oxygens (including phenoxy) is 1. The van der Waals surface area contributed by atoms with Crippen molar-refractivity contribution in [3.05, 3.63) is 65.7 Å². The Morgan fingerprint density at radius 3 is 2.81 bits per heavy atom. The molecule has 0 saturated carbocycles. The maximum Gasteiger partial charge on any atom is 0.262 e. The van der Waals surface area contributed by atoms with E-state index in [2.05, 4.69) is 27.7 Å². The molecule has 132 valence electrons. The fourth-order valence-electron chi connectivity index (χ4n) is 3.04. The van der Waals surface area contributed by atoms with E-state index < -0.39 is 6.10 Å². The van der Waals surface area contributed by atoms with Gasteiger partial charge in [0.1, 0.15) is 10.8 Å². The number of benzene rings is 2. The highest BCUT2D eigenvalue weighted by Crippen LogP contribution is 2.34. The zero-order chi connectivity index (χ0) is 17.9. The summed E-state index contributed by atoms with van der Waals surface area (Å²) in [6.07, 6.45) is -0.526. The number of fused-ring (bicyclic) bond motifs is 1. The SMILES string of the molecule is CNC(=O)[C@H]1CN(Cc2csc(-c3ccccc3)n2)c2ccccc2O1. The van der Waals surface area contributed by atoms with Crippen LogP contribution in [-0.2, 0) is 11.3 Å². The number of anilines is 1. The third-order valence-electron chi connectivity index (χ3n) is 4.33. The summed E-state index contributed by atoms with van der Waals surface area (Å²) in [7, 11) is 1.63. The molecule has 1 aliphatic rings. The van der Waals surface area contributed by atoms with Gasteiger partial charge in [0, 0.05) is 18.0 Å². The summed E-state index contributed by atoms with van der Waals surface area (Å²) in [5, 5.41) is 5.75. The Balaban J connectivity index is 1.59. The number of thiazole rings is 1. The van der Waals surface area contributed by atoms with Gasteiger partial charge >= 0.3 is 0 Å². The van der Waals surface area contributed by atoms with Crippen molar-refractivity contribution >= 4 is 22.9 Å². The summed E-state index contributed by atoms with van der Waals surface area (Å²) in [4.78, 5) is 19.0. The second kappa shape index (κ2) is 7.17. The number of nitrogens with one attached hydrogen (secondary N) is 1. The molecule has 2 aromatic carbocycles. The third-order valence-corrected chi connectivity index (χ3v) is 5.27. The van der Waals surface area contributed by atoms with E-state index in [1.807, 2.05) is 42.5 Å². The van der Waals surface area contributed by atoms with Crippen LogP contribution in [0.2, 0.25) is 0 Å². The fourth-order valence-corrected chi connectivity index (χ4v) is 3.86. The molecule has 0 fully saturated rings. The predicted molar refractivity (Wildman–Crippen MR) is 104 cm³/mol. The Morgan fingerprint density at radius 1 is 1.23 bits per heavy atom. The lowest BCUT2D eigenvalue weighted by Gasteiger charge is -2.35. The van der Waals surface area contributed by atoms with Crippen molar-refractivity contribution in [3.63, 3.8) is 0 Å². The normalized spacial score (nSPS) is 15.9. The molecule has 4 rings (SSSR count). The van der Waals surface area contributed by atoms with Crippen molar-refractivity contribution in [1.82, 2.24) is 10.3 Å². The van der Waals surface area contributed by atoms with Gasteiger partial charge in [-0.25, -0.2) is 4.98 Å². The largest absolute Gasteiger partial charge is 0.477 e. The minimum absolute atomic E-state index is 0.118. The van der Waals surface area contributed by atoms with E-state index >= 15 is 0 Å². The van der Waals surface area contributed by atoms with E-state index in [9.17, 15) is 4.79 Å². The average Bonchev–Trinajstić information content (AvgIpc) is 3.16. The van der Waals surface area contributed by atoms with Gasteiger partial charge in [-0.1, -0.05) is 42.5 Å². The molecule has 1 aromatic heterocycles. The van der Waals surface area contributed by atoms with Crippen molar-refractivity contribution in [2.45, 2.75) is 12.6 Å². The number of hydrogen-bond acceptors (Lipinski definition) is 5. The molecule has 0 aliphatic carbocycles. The van der Waals surface area contributed by atoms with E-state index in [1.165, 1.54) is 0 Å². The van der Waals surface area contributed by atoms with Gasteiger partial charge in [0.05, 0.1) is 24.5 Å². The Morgan fingerprint density at radius 2 is 2.00 bits per heavy atom. The highest BCUT2D eigenvalue weighted by molar-refractivity contribution is 7.13. The van der Waals surface area contributed by atoms with Crippen LogP contribution in [0.1, 0.15) is 5.69 Å². The number of carbonyl (C=O) groups is 1. The van der Waals surface area contributed by atoms with E-state index in [0.29, 0.717) is 13.1 Å². The van der Waals surface area contributed by atoms with Crippen LogP contribution in [0, 0.1) is 0 Å². The van der Waals surface area contributed by atoms with Gasteiger partial charge in [-0.2, -0.15) is 0 Å². The lowest BCUT2D eigenvalue weighted by atomic mass is 10.1. The maximum atomic E-state index is 12.1. The number of amides is 1.